The maximum atomic E-state index is 11.4. The predicted molar refractivity (Wildman–Crippen MR) is 81.8 cm³/mol. The van der Waals surface area contributed by atoms with Gasteiger partial charge in [0, 0.05) is 0 Å². The average Bonchev–Trinajstić information content (AvgIpc) is 2.97. The van der Waals surface area contributed by atoms with E-state index in [1.807, 2.05) is 30.3 Å². The van der Waals surface area contributed by atoms with E-state index < -0.39 is 24.0 Å². The molecule has 5 nitrogen and oxygen atoms in total. The monoisotopic (exact) mass is 312 g/mol. The quantitative estimate of drug-likeness (QED) is 0.859. The molecule has 1 aliphatic heterocycles. The SMILES string of the molecule is O=C1C[C@@H](C(=O)O)[C@@H](c2ccc(OCc3ccccc3)cc2)O1. The van der Waals surface area contributed by atoms with Gasteiger partial charge in [0.05, 0.1) is 6.42 Å². The Hall–Kier alpha value is -2.82. The van der Waals surface area contributed by atoms with Crippen molar-refractivity contribution in [2.24, 2.45) is 5.92 Å². The standard InChI is InChI=1S/C18H16O5/c19-16-10-15(18(20)21)17(23-16)13-6-8-14(9-7-13)22-11-12-4-2-1-3-5-12/h1-9,15,17H,10-11H2,(H,20,21)/t15-,17-/m1/s1. The molecule has 0 saturated carbocycles. The number of rotatable bonds is 5. The number of aliphatic carboxylic acids is 1. The van der Waals surface area contributed by atoms with Gasteiger partial charge in [-0.3, -0.25) is 9.59 Å². The lowest BCUT2D eigenvalue weighted by Gasteiger charge is -2.15. The van der Waals surface area contributed by atoms with Crippen molar-refractivity contribution in [1.29, 1.82) is 0 Å². The van der Waals surface area contributed by atoms with Gasteiger partial charge in [-0.2, -0.15) is 0 Å². The van der Waals surface area contributed by atoms with Crippen LogP contribution in [0.3, 0.4) is 0 Å². The third-order valence-corrected chi connectivity index (χ3v) is 3.78. The van der Waals surface area contributed by atoms with Crippen LogP contribution in [0, 0.1) is 5.92 Å². The van der Waals surface area contributed by atoms with Crippen LogP contribution in [0.25, 0.3) is 0 Å². The highest BCUT2D eigenvalue weighted by atomic mass is 16.6. The molecule has 0 radical (unpaired) electrons. The summed E-state index contributed by atoms with van der Waals surface area (Å²) in [6.45, 7) is 0.455. The molecule has 1 saturated heterocycles. The van der Waals surface area contributed by atoms with Crippen molar-refractivity contribution >= 4 is 11.9 Å². The van der Waals surface area contributed by atoms with Crippen molar-refractivity contribution in [3.8, 4) is 5.75 Å². The summed E-state index contributed by atoms with van der Waals surface area (Å²) in [5, 5.41) is 9.17. The van der Waals surface area contributed by atoms with Crippen molar-refractivity contribution in [3.63, 3.8) is 0 Å². The van der Waals surface area contributed by atoms with E-state index in [1.54, 1.807) is 24.3 Å². The first-order valence-electron chi connectivity index (χ1n) is 7.32. The van der Waals surface area contributed by atoms with Gasteiger partial charge in [0.15, 0.2) is 0 Å². The van der Waals surface area contributed by atoms with Crippen LogP contribution in [0.4, 0.5) is 0 Å². The summed E-state index contributed by atoms with van der Waals surface area (Å²) in [6.07, 6.45) is -0.824. The molecule has 23 heavy (non-hydrogen) atoms. The fourth-order valence-electron chi connectivity index (χ4n) is 2.57. The summed E-state index contributed by atoms with van der Waals surface area (Å²) < 4.78 is 10.8. The number of carboxylic acid groups (broad SMARTS) is 1. The van der Waals surface area contributed by atoms with Crippen LogP contribution >= 0.6 is 0 Å². The summed E-state index contributed by atoms with van der Waals surface area (Å²) in [6, 6.07) is 16.8. The topological polar surface area (TPSA) is 72.8 Å². The number of benzene rings is 2. The Morgan fingerprint density at radius 1 is 1.13 bits per heavy atom. The molecule has 3 rings (SSSR count). The average molecular weight is 312 g/mol. The Morgan fingerprint density at radius 2 is 1.83 bits per heavy atom. The van der Waals surface area contributed by atoms with Gasteiger partial charge < -0.3 is 14.6 Å². The Labute approximate surface area is 133 Å². The molecule has 0 bridgehead atoms. The molecule has 0 amide bonds. The number of hydrogen-bond donors (Lipinski definition) is 1. The lowest BCUT2D eigenvalue weighted by Crippen LogP contribution is -2.17. The van der Waals surface area contributed by atoms with E-state index in [-0.39, 0.29) is 6.42 Å². The number of cyclic esters (lactones) is 1. The maximum Gasteiger partial charge on any atom is 0.311 e. The van der Waals surface area contributed by atoms with E-state index >= 15 is 0 Å². The molecule has 1 N–H and O–H groups in total. The van der Waals surface area contributed by atoms with Crippen molar-refractivity contribution in [2.75, 3.05) is 0 Å². The number of carbonyl (C=O) groups excluding carboxylic acids is 1. The van der Waals surface area contributed by atoms with E-state index in [0.717, 1.165) is 5.56 Å². The first kappa shape index (κ1) is 15.1. The molecule has 0 aliphatic carbocycles. The van der Waals surface area contributed by atoms with Crippen molar-refractivity contribution in [2.45, 2.75) is 19.1 Å². The fraction of sp³-hybridized carbons (Fsp3) is 0.222. The highest BCUT2D eigenvalue weighted by molar-refractivity contribution is 5.82. The number of esters is 1. The highest BCUT2D eigenvalue weighted by Crippen LogP contribution is 2.36. The number of carbonyl (C=O) groups is 2. The zero-order valence-electron chi connectivity index (χ0n) is 12.3. The summed E-state index contributed by atoms with van der Waals surface area (Å²) in [5.41, 5.74) is 1.72. The van der Waals surface area contributed by atoms with Crippen molar-refractivity contribution < 1.29 is 24.2 Å². The number of ether oxygens (including phenoxy) is 2. The Bertz CT molecular complexity index is 693. The third-order valence-electron chi connectivity index (χ3n) is 3.78. The van der Waals surface area contributed by atoms with Gasteiger partial charge in [-0.05, 0) is 23.3 Å². The van der Waals surface area contributed by atoms with E-state index in [9.17, 15) is 14.7 Å². The summed E-state index contributed by atoms with van der Waals surface area (Å²) in [7, 11) is 0. The third kappa shape index (κ3) is 3.51. The molecule has 118 valence electrons. The Morgan fingerprint density at radius 3 is 2.48 bits per heavy atom. The van der Waals surface area contributed by atoms with Crippen molar-refractivity contribution in [3.05, 3.63) is 65.7 Å². The lowest BCUT2D eigenvalue weighted by molar-refractivity contribution is -0.144. The molecule has 5 heteroatoms. The number of carboxylic acids is 1. The number of hydrogen-bond acceptors (Lipinski definition) is 4. The first-order valence-corrected chi connectivity index (χ1v) is 7.32. The molecule has 1 aliphatic rings. The summed E-state index contributed by atoms with van der Waals surface area (Å²) >= 11 is 0. The molecule has 2 aromatic carbocycles. The van der Waals surface area contributed by atoms with Crippen LogP contribution in [0.1, 0.15) is 23.7 Å². The minimum Gasteiger partial charge on any atom is -0.489 e. The van der Waals surface area contributed by atoms with Gasteiger partial charge in [-0.25, -0.2) is 0 Å². The summed E-state index contributed by atoms with van der Waals surface area (Å²) in [5.74, 6) is -1.66. The van der Waals surface area contributed by atoms with Gasteiger partial charge in [0.25, 0.3) is 0 Å². The molecule has 1 heterocycles. The smallest absolute Gasteiger partial charge is 0.311 e. The van der Waals surface area contributed by atoms with Gasteiger partial charge in [-0.1, -0.05) is 42.5 Å². The first-order chi connectivity index (χ1) is 11.1. The second-order valence-electron chi connectivity index (χ2n) is 5.40. The zero-order valence-corrected chi connectivity index (χ0v) is 12.3. The minimum absolute atomic E-state index is 0.0910. The van der Waals surface area contributed by atoms with E-state index in [0.29, 0.717) is 17.9 Å². The van der Waals surface area contributed by atoms with Gasteiger partial charge in [-0.15, -0.1) is 0 Å². The fourth-order valence-corrected chi connectivity index (χ4v) is 2.57. The second kappa shape index (κ2) is 6.52. The molecular formula is C18H16O5. The second-order valence-corrected chi connectivity index (χ2v) is 5.40. The van der Waals surface area contributed by atoms with Crippen LogP contribution in [0.15, 0.2) is 54.6 Å². The largest absolute Gasteiger partial charge is 0.489 e. The Balaban J connectivity index is 1.67. The minimum atomic E-state index is -1.02. The van der Waals surface area contributed by atoms with E-state index in [4.69, 9.17) is 9.47 Å². The lowest BCUT2D eigenvalue weighted by atomic mass is 9.95. The van der Waals surface area contributed by atoms with Crippen LogP contribution < -0.4 is 4.74 Å². The van der Waals surface area contributed by atoms with Crippen LogP contribution in [0.2, 0.25) is 0 Å². The van der Waals surface area contributed by atoms with Crippen LogP contribution in [0.5, 0.6) is 5.75 Å². The zero-order chi connectivity index (χ0) is 16.2. The molecular weight excluding hydrogens is 296 g/mol. The molecule has 1 fully saturated rings. The Kier molecular flexibility index (Phi) is 4.28. The predicted octanol–water partition coefficient (Wildman–Crippen LogP) is 2.95. The molecule has 2 atom stereocenters. The summed E-state index contributed by atoms with van der Waals surface area (Å²) in [4.78, 5) is 22.6. The van der Waals surface area contributed by atoms with Crippen LogP contribution in [-0.2, 0) is 20.9 Å². The molecule has 0 aromatic heterocycles. The maximum absolute atomic E-state index is 11.4. The van der Waals surface area contributed by atoms with E-state index in [2.05, 4.69) is 0 Å². The highest BCUT2D eigenvalue weighted by Gasteiger charge is 2.40. The van der Waals surface area contributed by atoms with E-state index in [1.165, 1.54) is 0 Å². The van der Waals surface area contributed by atoms with Gasteiger partial charge in [0.1, 0.15) is 24.4 Å². The molecule has 0 unspecified atom stereocenters. The molecule has 2 aromatic rings. The normalized spacial score (nSPS) is 20.1. The van der Waals surface area contributed by atoms with Crippen molar-refractivity contribution in [1.82, 2.24) is 0 Å². The van der Waals surface area contributed by atoms with Gasteiger partial charge in [0.2, 0.25) is 0 Å². The van der Waals surface area contributed by atoms with Crippen LogP contribution in [-0.4, -0.2) is 17.0 Å². The van der Waals surface area contributed by atoms with Gasteiger partial charge >= 0.3 is 11.9 Å². The molecule has 0 spiro atoms.